The number of rotatable bonds is 4. The van der Waals surface area contributed by atoms with Crippen LogP contribution >= 0.6 is 0 Å². The number of benzene rings is 1. The summed E-state index contributed by atoms with van der Waals surface area (Å²) in [6.07, 6.45) is 0.787. The Morgan fingerprint density at radius 3 is 2.72 bits per heavy atom. The molecule has 1 fully saturated rings. The van der Waals surface area contributed by atoms with E-state index in [2.05, 4.69) is 15.1 Å². The summed E-state index contributed by atoms with van der Waals surface area (Å²) in [5.41, 5.74) is 8.20. The van der Waals surface area contributed by atoms with E-state index in [1.54, 1.807) is 31.4 Å². The Hall–Kier alpha value is -2.75. The van der Waals surface area contributed by atoms with Crippen molar-refractivity contribution in [2.75, 3.05) is 32.7 Å². The Kier molecular flexibility index (Phi) is 5.35. The third kappa shape index (κ3) is 3.64. The summed E-state index contributed by atoms with van der Waals surface area (Å²) in [5, 5.41) is 23.5. The Labute approximate surface area is 168 Å². The van der Waals surface area contributed by atoms with Crippen molar-refractivity contribution >= 4 is 11.7 Å². The molecule has 3 heterocycles. The molecular weight excluding hydrogens is 376 g/mol. The average molecular weight is 400 g/mol. The van der Waals surface area contributed by atoms with Crippen molar-refractivity contribution < 1.29 is 24.5 Å². The van der Waals surface area contributed by atoms with E-state index in [0.29, 0.717) is 73.1 Å². The van der Waals surface area contributed by atoms with Crippen molar-refractivity contribution in [3.8, 4) is 5.75 Å². The lowest BCUT2D eigenvalue weighted by atomic mass is 9.89. The first-order chi connectivity index (χ1) is 14.1. The maximum absolute atomic E-state index is 11.0. The van der Waals surface area contributed by atoms with Crippen LogP contribution in [-0.4, -0.2) is 52.9 Å². The third-order valence-electron chi connectivity index (χ3n) is 5.55. The fourth-order valence-corrected chi connectivity index (χ4v) is 3.86. The molecule has 1 aromatic heterocycles. The molecular formula is C20H24N4O5. The molecule has 2 aromatic rings. The van der Waals surface area contributed by atoms with Crippen LogP contribution in [0.1, 0.15) is 47.9 Å². The predicted molar refractivity (Wildman–Crippen MR) is 104 cm³/mol. The first kappa shape index (κ1) is 19.6. The number of oxime groups is 1. The molecule has 29 heavy (non-hydrogen) atoms. The topological polar surface area (TPSA) is 132 Å². The summed E-state index contributed by atoms with van der Waals surface area (Å²) in [7, 11) is 1.64. The molecule has 1 unspecified atom stereocenters. The largest absolute Gasteiger partial charge is 0.492 e. The quantitative estimate of drug-likeness (QED) is 0.522. The number of hydrogen-bond acceptors (Lipinski definition) is 9. The number of aromatic nitrogens is 2. The van der Waals surface area contributed by atoms with Crippen LogP contribution in [0.2, 0.25) is 0 Å². The van der Waals surface area contributed by atoms with Crippen LogP contribution in [0.4, 0.5) is 5.95 Å². The van der Waals surface area contributed by atoms with Gasteiger partial charge in [0.2, 0.25) is 5.95 Å². The lowest BCUT2D eigenvalue weighted by Gasteiger charge is -2.35. The minimum atomic E-state index is -1.03. The second-order valence-corrected chi connectivity index (χ2v) is 7.15. The summed E-state index contributed by atoms with van der Waals surface area (Å²) >= 11 is 0. The minimum absolute atomic E-state index is 0.0726. The third-order valence-corrected chi connectivity index (χ3v) is 5.55. The molecule has 1 atom stereocenters. The van der Waals surface area contributed by atoms with Gasteiger partial charge in [0, 0.05) is 45.1 Å². The summed E-state index contributed by atoms with van der Waals surface area (Å²) < 4.78 is 16.9. The molecule has 0 spiro atoms. The molecule has 1 saturated heterocycles. The van der Waals surface area contributed by atoms with Crippen LogP contribution < -0.4 is 10.5 Å². The lowest BCUT2D eigenvalue weighted by Crippen LogP contribution is -2.37. The van der Waals surface area contributed by atoms with Gasteiger partial charge in [0.25, 0.3) is 0 Å². The molecule has 1 aromatic carbocycles. The number of ether oxygens (including phenoxy) is 3. The maximum atomic E-state index is 11.0. The molecule has 2 aliphatic rings. The van der Waals surface area contributed by atoms with Gasteiger partial charge in [0.05, 0.1) is 23.7 Å². The van der Waals surface area contributed by atoms with Crippen LogP contribution in [-0.2, 0) is 15.1 Å². The van der Waals surface area contributed by atoms with Crippen molar-refractivity contribution in [3.63, 3.8) is 0 Å². The highest BCUT2D eigenvalue weighted by atomic mass is 16.5. The van der Waals surface area contributed by atoms with E-state index >= 15 is 0 Å². The van der Waals surface area contributed by atoms with E-state index in [1.165, 1.54) is 0 Å². The fraction of sp³-hybridized carbons (Fsp3) is 0.450. The summed E-state index contributed by atoms with van der Waals surface area (Å²) in [6.45, 7) is 1.54. The second kappa shape index (κ2) is 7.94. The highest BCUT2D eigenvalue weighted by Crippen LogP contribution is 2.36. The number of nitrogen functional groups attached to an aromatic ring is 1. The second-order valence-electron chi connectivity index (χ2n) is 7.15. The maximum Gasteiger partial charge on any atom is 0.220 e. The van der Waals surface area contributed by atoms with E-state index in [-0.39, 0.29) is 5.95 Å². The molecule has 4 N–H and O–H groups in total. The van der Waals surface area contributed by atoms with Gasteiger partial charge in [0.1, 0.15) is 17.5 Å². The Morgan fingerprint density at radius 1 is 1.21 bits per heavy atom. The summed E-state index contributed by atoms with van der Waals surface area (Å²) in [4.78, 5) is 8.61. The molecule has 0 radical (unpaired) electrons. The van der Waals surface area contributed by atoms with Crippen molar-refractivity contribution in [2.45, 2.75) is 31.0 Å². The molecule has 4 rings (SSSR count). The van der Waals surface area contributed by atoms with E-state index in [0.717, 1.165) is 0 Å². The lowest BCUT2D eigenvalue weighted by molar-refractivity contribution is -0.0973. The van der Waals surface area contributed by atoms with Crippen LogP contribution in [0.5, 0.6) is 5.75 Å². The number of anilines is 1. The van der Waals surface area contributed by atoms with Gasteiger partial charge in [-0.3, -0.25) is 0 Å². The van der Waals surface area contributed by atoms with E-state index in [4.69, 9.17) is 25.2 Å². The molecule has 0 aliphatic carbocycles. The van der Waals surface area contributed by atoms with Gasteiger partial charge >= 0.3 is 0 Å². The van der Waals surface area contributed by atoms with Gasteiger partial charge in [-0.15, -0.1) is 0 Å². The number of nitrogens with two attached hydrogens (primary N) is 1. The zero-order valence-electron chi connectivity index (χ0n) is 16.2. The van der Waals surface area contributed by atoms with Crippen LogP contribution in [0, 0.1) is 0 Å². The number of methoxy groups -OCH3 is 1. The van der Waals surface area contributed by atoms with Gasteiger partial charge in [-0.05, 0) is 23.8 Å². The molecule has 9 heteroatoms. The van der Waals surface area contributed by atoms with Crippen LogP contribution in [0.25, 0.3) is 0 Å². The van der Waals surface area contributed by atoms with Gasteiger partial charge in [-0.25, -0.2) is 9.97 Å². The standard InChI is InChI=1S/C20H24N4O5/c1-27-20(5-8-28-9-6-20)17-11-15(22-19(21)23-17)18(25)12-2-3-13-14(24-26)4-7-29-16(13)10-12/h2-3,10-11,18,25-26H,4-9H2,1H3,(H2,21,22,23). The fourth-order valence-electron chi connectivity index (χ4n) is 3.86. The van der Waals surface area contributed by atoms with Crippen molar-refractivity contribution in [3.05, 3.63) is 46.8 Å². The number of nitrogens with zero attached hydrogens (tertiary/aromatic N) is 3. The first-order valence-corrected chi connectivity index (χ1v) is 9.50. The highest BCUT2D eigenvalue weighted by molar-refractivity contribution is 6.03. The SMILES string of the molecule is COC1(c2cc(C(O)c3ccc4c(c3)OCCC4=NO)nc(N)n2)CCOCC1. The van der Waals surface area contributed by atoms with Gasteiger partial charge in [-0.2, -0.15) is 0 Å². The van der Waals surface area contributed by atoms with Crippen molar-refractivity contribution in [2.24, 2.45) is 5.16 Å². The Bertz CT molecular complexity index is 927. The van der Waals surface area contributed by atoms with Crippen molar-refractivity contribution in [1.29, 1.82) is 0 Å². The van der Waals surface area contributed by atoms with Crippen molar-refractivity contribution in [1.82, 2.24) is 9.97 Å². The summed E-state index contributed by atoms with van der Waals surface area (Å²) in [5.74, 6) is 0.629. The smallest absolute Gasteiger partial charge is 0.220 e. The first-order valence-electron chi connectivity index (χ1n) is 9.50. The van der Waals surface area contributed by atoms with Gasteiger partial charge in [0.15, 0.2) is 0 Å². The van der Waals surface area contributed by atoms with Gasteiger partial charge < -0.3 is 30.3 Å². The number of aliphatic hydroxyl groups excluding tert-OH is 1. The molecule has 0 amide bonds. The predicted octanol–water partition coefficient (Wildman–Crippen LogP) is 1.75. The monoisotopic (exact) mass is 400 g/mol. The van der Waals surface area contributed by atoms with E-state index < -0.39 is 11.7 Å². The van der Waals surface area contributed by atoms with Crippen LogP contribution in [0.3, 0.4) is 0 Å². The van der Waals surface area contributed by atoms with Gasteiger partial charge in [-0.1, -0.05) is 11.2 Å². The molecule has 0 saturated carbocycles. The highest BCUT2D eigenvalue weighted by Gasteiger charge is 2.37. The number of fused-ring (bicyclic) bond motifs is 1. The Balaban J connectivity index is 1.69. The van der Waals surface area contributed by atoms with Crippen LogP contribution in [0.15, 0.2) is 29.4 Å². The van der Waals surface area contributed by atoms with E-state index in [9.17, 15) is 5.11 Å². The molecule has 2 aliphatic heterocycles. The summed E-state index contributed by atoms with van der Waals surface area (Å²) in [6, 6.07) is 6.98. The molecule has 0 bridgehead atoms. The molecule has 154 valence electrons. The average Bonchev–Trinajstić information content (AvgIpc) is 2.77. The number of hydrogen-bond donors (Lipinski definition) is 3. The minimum Gasteiger partial charge on any atom is -0.492 e. The zero-order chi connectivity index (χ0) is 20.4. The van der Waals surface area contributed by atoms with E-state index in [1.807, 2.05) is 0 Å². The molecule has 9 nitrogen and oxygen atoms in total. The number of aliphatic hydroxyl groups is 1. The zero-order valence-corrected chi connectivity index (χ0v) is 16.2. The normalized spacial score (nSPS) is 20.7. The Morgan fingerprint density at radius 2 is 2.00 bits per heavy atom.